The van der Waals surface area contributed by atoms with Gasteiger partial charge in [-0.1, -0.05) is 17.7 Å². The first-order valence-electron chi connectivity index (χ1n) is 8.02. The summed E-state index contributed by atoms with van der Waals surface area (Å²) >= 11 is 0. The van der Waals surface area contributed by atoms with Gasteiger partial charge in [0.05, 0.1) is 6.61 Å². The van der Waals surface area contributed by atoms with Crippen LogP contribution in [-0.2, 0) is 43.9 Å². The Labute approximate surface area is 157 Å². The molecule has 0 saturated carbocycles. The zero-order chi connectivity index (χ0) is 19.8. The average molecular weight is 412 g/mol. The Balaban J connectivity index is 1.76. The second-order valence-corrected chi connectivity index (χ2v) is 5.93. The third-order valence-electron chi connectivity index (χ3n) is 2.61. The molecule has 11 nitrogen and oxygen atoms in total. The first-order valence-corrected chi connectivity index (χ1v) is 9.38. The first-order chi connectivity index (χ1) is 13.0. The van der Waals surface area contributed by atoms with Gasteiger partial charge in [0.25, 0.3) is 0 Å². The van der Waals surface area contributed by atoms with Crippen molar-refractivity contribution in [3.05, 3.63) is 29.8 Å². The minimum Gasteiger partial charge on any atom is -0.491 e. The van der Waals surface area contributed by atoms with Crippen LogP contribution in [0.3, 0.4) is 0 Å². The van der Waals surface area contributed by atoms with Crippen LogP contribution in [0.4, 0.5) is 0 Å². The fourth-order valence-electron chi connectivity index (χ4n) is 1.49. The van der Waals surface area contributed by atoms with Gasteiger partial charge in [-0.3, -0.25) is 4.55 Å². The molecule has 12 heteroatoms. The van der Waals surface area contributed by atoms with Crippen molar-refractivity contribution >= 4 is 10.4 Å². The molecule has 0 heterocycles. The third kappa shape index (κ3) is 15.4. The van der Waals surface area contributed by atoms with E-state index in [4.69, 9.17) is 28.8 Å². The second-order valence-electron chi connectivity index (χ2n) is 4.84. The molecule has 1 aromatic rings. The monoisotopic (exact) mass is 412 g/mol. The van der Waals surface area contributed by atoms with E-state index in [0.29, 0.717) is 6.61 Å². The zero-order valence-electron chi connectivity index (χ0n) is 14.9. The van der Waals surface area contributed by atoms with Gasteiger partial charge >= 0.3 is 10.4 Å². The highest BCUT2D eigenvalue weighted by atomic mass is 32.3. The SMILES string of the molecule is Cc1ccc(OCCOOCCOOCCOOCCOS(=O)(=O)O)cc1. The highest BCUT2D eigenvalue weighted by Crippen LogP contribution is 2.10. The fraction of sp³-hybridized carbons (Fsp3) is 0.600. The first kappa shape index (κ1) is 23.7. The van der Waals surface area contributed by atoms with Crippen LogP contribution in [0.2, 0.25) is 0 Å². The van der Waals surface area contributed by atoms with Crippen LogP contribution in [0.1, 0.15) is 5.56 Å². The summed E-state index contributed by atoms with van der Waals surface area (Å²) in [4.78, 5) is 28.5. The number of benzene rings is 1. The molecule has 0 aromatic heterocycles. The smallest absolute Gasteiger partial charge is 0.397 e. The van der Waals surface area contributed by atoms with Crippen LogP contribution < -0.4 is 4.74 Å². The Morgan fingerprint density at radius 1 is 0.704 bits per heavy atom. The maximum Gasteiger partial charge on any atom is 0.397 e. The van der Waals surface area contributed by atoms with Crippen LogP contribution >= 0.6 is 0 Å². The molecule has 27 heavy (non-hydrogen) atoms. The summed E-state index contributed by atoms with van der Waals surface area (Å²) in [5.41, 5.74) is 1.16. The highest BCUT2D eigenvalue weighted by molar-refractivity contribution is 7.80. The second kappa shape index (κ2) is 14.7. The molecule has 0 saturated heterocycles. The van der Waals surface area contributed by atoms with Crippen LogP contribution in [0.25, 0.3) is 0 Å². The summed E-state index contributed by atoms with van der Waals surface area (Å²) in [6.07, 6.45) is 0. The van der Waals surface area contributed by atoms with E-state index in [1.807, 2.05) is 31.2 Å². The van der Waals surface area contributed by atoms with E-state index in [0.717, 1.165) is 11.3 Å². The lowest BCUT2D eigenvalue weighted by molar-refractivity contribution is -0.359. The minimum absolute atomic E-state index is 0.0413. The molecule has 0 fully saturated rings. The van der Waals surface area contributed by atoms with E-state index < -0.39 is 10.4 Å². The Hall–Kier alpha value is -1.35. The molecule has 1 N–H and O–H groups in total. The van der Waals surface area contributed by atoms with Crippen molar-refractivity contribution in [1.29, 1.82) is 0 Å². The molecule has 0 unspecified atom stereocenters. The van der Waals surface area contributed by atoms with Crippen molar-refractivity contribution < 1.29 is 51.2 Å². The predicted octanol–water partition coefficient (Wildman–Crippen LogP) is 1.04. The van der Waals surface area contributed by atoms with Gasteiger partial charge in [0.1, 0.15) is 52.0 Å². The van der Waals surface area contributed by atoms with Crippen molar-refractivity contribution in [2.45, 2.75) is 6.92 Å². The average Bonchev–Trinajstić information content (AvgIpc) is 2.62. The number of hydrogen-bond donors (Lipinski definition) is 1. The summed E-state index contributed by atoms with van der Waals surface area (Å²) in [7, 11) is -4.47. The molecule has 0 spiro atoms. The quantitative estimate of drug-likeness (QED) is 0.170. The fourth-order valence-corrected chi connectivity index (χ4v) is 1.77. The minimum atomic E-state index is -4.47. The normalized spacial score (nSPS) is 11.6. The van der Waals surface area contributed by atoms with Crippen LogP contribution in [0.5, 0.6) is 5.75 Å². The lowest BCUT2D eigenvalue weighted by Gasteiger charge is -2.07. The largest absolute Gasteiger partial charge is 0.491 e. The molecule has 0 atom stereocenters. The Morgan fingerprint density at radius 3 is 1.56 bits per heavy atom. The number of hydrogen-bond acceptors (Lipinski definition) is 10. The van der Waals surface area contributed by atoms with E-state index in [1.165, 1.54) is 0 Å². The summed E-state index contributed by atoms with van der Waals surface area (Å²) < 4.78 is 38.1. The molecule has 0 aliphatic rings. The molecule has 1 aromatic carbocycles. The standard InChI is InChI=1S/C15H24O11S/c1-14-2-4-15(5-3-14)19-6-7-20-21-8-9-22-23-10-11-24-25-12-13-26-27(16,17)18/h2-5H,6-13H2,1H3,(H,16,17,18). The molecular formula is C15H24O11S. The highest BCUT2D eigenvalue weighted by Gasteiger charge is 2.03. The predicted molar refractivity (Wildman–Crippen MR) is 89.9 cm³/mol. The van der Waals surface area contributed by atoms with Crippen molar-refractivity contribution in [1.82, 2.24) is 0 Å². The summed E-state index contributed by atoms with van der Waals surface area (Å²) in [5.74, 6) is 0.762. The van der Waals surface area contributed by atoms with Gasteiger partial charge < -0.3 is 4.74 Å². The Morgan fingerprint density at radius 2 is 1.11 bits per heavy atom. The van der Waals surface area contributed by atoms with Crippen molar-refractivity contribution in [2.75, 3.05) is 52.9 Å². The molecular weight excluding hydrogens is 388 g/mol. The van der Waals surface area contributed by atoms with Gasteiger partial charge in [0.15, 0.2) is 0 Å². The van der Waals surface area contributed by atoms with E-state index in [9.17, 15) is 8.42 Å². The Kier molecular flexibility index (Phi) is 12.9. The molecule has 1 rings (SSSR count). The molecule has 0 aliphatic carbocycles. The molecule has 0 aliphatic heterocycles. The lowest BCUT2D eigenvalue weighted by Crippen LogP contribution is -2.13. The lowest BCUT2D eigenvalue weighted by atomic mass is 10.2. The van der Waals surface area contributed by atoms with Gasteiger partial charge in [-0.25, -0.2) is 33.5 Å². The van der Waals surface area contributed by atoms with E-state index in [-0.39, 0.29) is 46.2 Å². The van der Waals surface area contributed by atoms with Crippen LogP contribution in [0.15, 0.2) is 24.3 Å². The van der Waals surface area contributed by atoms with E-state index in [2.05, 4.69) is 14.0 Å². The number of rotatable bonds is 17. The van der Waals surface area contributed by atoms with Gasteiger partial charge in [-0.05, 0) is 19.1 Å². The van der Waals surface area contributed by atoms with Crippen molar-refractivity contribution in [2.24, 2.45) is 0 Å². The number of ether oxygens (including phenoxy) is 1. The molecule has 0 bridgehead atoms. The molecule has 156 valence electrons. The van der Waals surface area contributed by atoms with Gasteiger partial charge in [0, 0.05) is 0 Å². The van der Waals surface area contributed by atoms with Gasteiger partial charge in [0.2, 0.25) is 0 Å². The summed E-state index contributed by atoms with van der Waals surface area (Å²) in [6, 6.07) is 7.67. The zero-order valence-corrected chi connectivity index (χ0v) is 15.7. The van der Waals surface area contributed by atoms with Crippen LogP contribution in [0, 0.1) is 6.92 Å². The topological polar surface area (TPSA) is 128 Å². The van der Waals surface area contributed by atoms with Crippen molar-refractivity contribution in [3.63, 3.8) is 0 Å². The molecule has 0 radical (unpaired) electrons. The maximum absolute atomic E-state index is 10.2. The molecule has 0 amide bonds. The summed E-state index contributed by atoms with van der Waals surface area (Å²) in [5, 5.41) is 0. The van der Waals surface area contributed by atoms with Gasteiger partial charge in [-0.2, -0.15) is 8.42 Å². The third-order valence-corrected chi connectivity index (χ3v) is 3.07. The Bertz CT molecular complexity index is 576. The van der Waals surface area contributed by atoms with Crippen LogP contribution in [-0.4, -0.2) is 65.8 Å². The van der Waals surface area contributed by atoms with E-state index >= 15 is 0 Å². The van der Waals surface area contributed by atoms with Crippen molar-refractivity contribution in [3.8, 4) is 5.75 Å². The maximum atomic E-state index is 10.2. The number of aryl methyl sites for hydroxylation is 1. The van der Waals surface area contributed by atoms with Gasteiger partial charge in [-0.15, -0.1) is 0 Å². The summed E-state index contributed by atoms with van der Waals surface area (Å²) in [6.45, 7) is 2.48. The van der Waals surface area contributed by atoms with E-state index in [1.54, 1.807) is 0 Å².